The first-order valence-corrected chi connectivity index (χ1v) is 6.44. The molecule has 2 rings (SSSR count). The molecule has 0 spiro atoms. The average Bonchev–Trinajstić information content (AvgIpc) is 2.44. The number of fused-ring (bicyclic) bond motifs is 1. The van der Waals surface area contributed by atoms with Crippen LogP contribution in [0.3, 0.4) is 0 Å². The summed E-state index contributed by atoms with van der Waals surface area (Å²) in [5, 5.41) is 42.8. The molecule has 0 aliphatic carbocycles. The lowest BCUT2D eigenvalue weighted by atomic mass is 9.95. The van der Waals surface area contributed by atoms with E-state index in [1.807, 2.05) is 0 Å². The van der Waals surface area contributed by atoms with Gasteiger partial charge in [-0.1, -0.05) is 24.3 Å². The zero-order valence-electron chi connectivity index (χ0n) is 12.1. The number of hydrogen-bond acceptors (Lipinski definition) is 6. The molecule has 7 nitrogen and oxygen atoms in total. The van der Waals surface area contributed by atoms with Crippen LogP contribution < -0.4 is 10.1 Å². The summed E-state index contributed by atoms with van der Waals surface area (Å²) >= 11 is 0. The zero-order valence-corrected chi connectivity index (χ0v) is 12.1. The van der Waals surface area contributed by atoms with Crippen molar-refractivity contribution in [2.45, 2.75) is 18.6 Å². The third kappa shape index (κ3) is 2.75. The van der Waals surface area contributed by atoms with Gasteiger partial charge in [0.15, 0.2) is 0 Å². The van der Waals surface area contributed by atoms with Gasteiger partial charge in [0.25, 0.3) is 5.79 Å². The first kappa shape index (κ1) is 16.2. The fourth-order valence-electron chi connectivity index (χ4n) is 2.20. The molecule has 0 radical (unpaired) electrons. The van der Waals surface area contributed by atoms with E-state index in [0.29, 0.717) is 16.5 Å². The smallest absolute Gasteiger partial charge is 0.308 e. The number of ether oxygens (including phenoxy) is 1. The molecule has 0 fully saturated rings. The molecule has 0 saturated heterocycles. The van der Waals surface area contributed by atoms with Gasteiger partial charge in [0.05, 0.1) is 7.11 Å². The van der Waals surface area contributed by atoms with Gasteiger partial charge in [-0.25, -0.2) is 0 Å². The number of amides is 1. The van der Waals surface area contributed by atoms with Gasteiger partial charge in [0.2, 0.25) is 5.91 Å². The van der Waals surface area contributed by atoms with Gasteiger partial charge in [-0.05, 0) is 22.9 Å². The molecular formula is C15H17NO6. The van der Waals surface area contributed by atoms with Gasteiger partial charge in [-0.3, -0.25) is 4.79 Å². The minimum Gasteiger partial charge on any atom is -0.497 e. The standard InChI is InChI=1S/C15H17NO6/c1-9(17)16-15(20,21)14(18,19)13-5-3-4-10-6-7-11(22-2)8-12(10)13/h3-8,18-21H,1-2H3,(H,16,17). The first-order chi connectivity index (χ1) is 10.2. The fraction of sp³-hybridized carbons (Fsp3) is 0.267. The zero-order chi connectivity index (χ0) is 16.5. The molecule has 0 heterocycles. The van der Waals surface area contributed by atoms with Gasteiger partial charge < -0.3 is 30.5 Å². The molecule has 0 unspecified atom stereocenters. The molecule has 5 N–H and O–H groups in total. The molecule has 2 aromatic rings. The molecule has 2 aromatic carbocycles. The summed E-state index contributed by atoms with van der Waals surface area (Å²) in [5.41, 5.74) is -0.192. The molecule has 0 aromatic heterocycles. The van der Waals surface area contributed by atoms with Crippen LogP contribution in [-0.2, 0) is 10.6 Å². The number of nitrogens with one attached hydrogen (secondary N) is 1. The van der Waals surface area contributed by atoms with E-state index < -0.39 is 17.6 Å². The van der Waals surface area contributed by atoms with Crippen molar-refractivity contribution in [1.82, 2.24) is 5.32 Å². The SMILES string of the molecule is COc1ccc2cccc(C(O)(O)C(O)(O)NC(C)=O)c2c1. The molecular weight excluding hydrogens is 290 g/mol. The van der Waals surface area contributed by atoms with Crippen LogP contribution in [0.25, 0.3) is 10.8 Å². The van der Waals surface area contributed by atoms with Crippen LogP contribution in [0.1, 0.15) is 12.5 Å². The largest absolute Gasteiger partial charge is 0.497 e. The predicted octanol–water partition coefficient (Wildman–Crippen LogP) is -0.240. The molecule has 118 valence electrons. The highest BCUT2D eigenvalue weighted by Gasteiger charge is 2.50. The lowest BCUT2D eigenvalue weighted by molar-refractivity contribution is -0.374. The molecule has 0 saturated carbocycles. The van der Waals surface area contributed by atoms with Crippen LogP contribution in [0.2, 0.25) is 0 Å². The van der Waals surface area contributed by atoms with Crippen LogP contribution in [0.15, 0.2) is 36.4 Å². The summed E-state index contributed by atoms with van der Waals surface area (Å²) in [4.78, 5) is 11.0. The highest BCUT2D eigenvalue weighted by Crippen LogP contribution is 2.34. The van der Waals surface area contributed by atoms with Crippen molar-refractivity contribution in [2.24, 2.45) is 0 Å². The van der Waals surface area contributed by atoms with Crippen molar-refractivity contribution in [3.05, 3.63) is 42.0 Å². The van der Waals surface area contributed by atoms with E-state index in [1.54, 1.807) is 23.5 Å². The Morgan fingerprint density at radius 2 is 1.82 bits per heavy atom. The molecule has 22 heavy (non-hydrogen) atoms. The number of carbonyl (C=O) groups is 1. The van der Waals surface area contributed by atoms with Gasteiger partial charge in [-0.15, -0.1) is 0 Å². The Morgan fingerprint density at radius 1 is 1.14 bits per heavy atom. The monoisotopic (exact) mass is 307 g/mol. The van der Waals surface area contributed by atoms with E-state index in [9.17, 15) is 25.2 Å². The predicted molar refractivity (Wildman–Crippen MR) is 77.6 cm³/mol. The van der Waals surface area contributed by atoms with E-state index >= 15 is 0 Å². The van der Waals surface area contributed by atoms with E-state index in [-0.39, 0.29) is 5.56 Å². The molecule has 0 aliphatic heterocycles. The first-order valence-electron chi connectivity index (χ1n) is 6.44. The van der Waals surface area contributed by atoms with Gasteiger partial charge >= 0.3 is 5.91 Å². The molecule has 0 aliphatic rings. The van der Waals surface area contributed by atoms with E-state index in [4.69, 9.17) is 4.74 Å². The topological polar surface area (TPSA) is 119 Å². The molecule has 0 bridgehead atoms. The summed E-state index contributed by atoms with van der Waals surface area (Å²) in [5.74, 6) is -6.78. The van der Waals surface area contributed by atoms with Gasteiger partial charge in [0.1, 0.15) is 5.75 Å². The average molecular weight is 307 g/mol. The van der Waals surface area contributed by atoms with Crippen LogP contribution in [0.4, 0.5) is 0 Å². The van der Waals surface area contributed by atoms with Crippen molar-refractivity contribution >= 4 is 16.7 Å². The molecule has 0 atom stereocenters. The summed E-state index contributed by atoms with van der Waals surface area (Å²) in [6.07, 6.45) is 0. The van der Waals surface area contributed by atoms with Crippen LogP contribution in [-0.4, -0.2) is 39.4 Å². The van der Waals surface area contributed by atoms with Crippen molar-refractivity contribution in [1.29, 1.82) is 0 Å². The van der Waals surface area contributed by atoms with Crippen molar-refractivity contribution < 1.29 is 30.0 Å². The summed E-state index contributed by atoms with van der Waals surface area (Å²) < 4.78 is 5.08. The van der Waals surface area contributed by atoms with Crippen molar-refractivity contribution in [2.75, 3.05) is 7.11 Å². The number of hydrogen-bond donors (Lipinski definition) is 5. The Hall–Kier alpha value is -2.19. The summed E-state index contributed by atoms with van der Waals surface area (Å²) in [7, 11) is 1.45. The van der Waals surface area contributed by atoms with Crippen molar-refractivity contribution in [3.63, 3.8) is 0 Å². The van der Waals surface area contributed by atoms with Crippen LogP contribution >= 0.6 is 0 Å². The Kier molecular flexibility index (Phi) is 4.08. The number of aliphatic hydroxyl groups is 4. The second-order valence-corrected chi connectivity index (χ2v) is 4.92. The van der Waals surface area contributed by atoms with Crippen molar-refractivity contribution in [3.8, 4) is 5.75 Å². The van der Waals surface area contributed by atoms with Gasteiger partial charge in [-0.2, -0.15) is 0 Å². The minimum atomic E-state index is -3.27. The third-order valence-electron chi connectivity index (χ3n) is 3.30. The quantitative estimate of drug-likeness (QED) is 0.497. The second-order valence-electron chi connectivity index (χ2n) is 4.92. The Morgan fingerprint density at radius 3 is 2.41 bits per heavy atom. The van der Waals surface area contributed by atoms with E-state index in [0.717, 1.165) is 6.92 Å². The minimum absolute atomic E-state index is 0.192. The molecule has 7 heteroatoms. The Bertz CT molecular complexity index is 710. The Labute approximate surface area is 126 Å². The lowest BCUT2D eigenvalue weighted by Crippen LogP contribution is -2.62. The second kappa shape index (κ2) is 5.54. The highest BCUT2D eigenvalue weighted by molar-refractivity contribution is 5.87. The summed E-state index contributed by atoms with van der Waals surface area (Å²) in [6.45, 7) is 1.02. The third-order valence-corrected chi connectivity index (χ3v) is 3.30. The van der Waals surface area contributed by atoms with Crippen LogP contribution in [0, 0.1) is 0 Å². The Balaban J connectivity index is 2.64. The number of benzene rings is 2. The maximum atomic E-state index is 11.0. The van der Waals surface area contributed by atoms with Gasteiger partial charge in [0, 0.05) is 12.5 Å². The molecule has 1 amide bonds. The number of rotatable bonds is 4. The van der Waals surface area contributed by atoms with E-state index in [1.165, 1.54) is 25.3 Å². The van der Waals surface area contributed by atoms with Crippen LogP contribution in [0.5, 0.6) is 5.75 Å². The summed E-state index contributed by atoms with van der Waals surface area (Å²) in [6, 6.07) is 9.43. The number of methoxy groups -OCH3 is 1. The fourth-order valence-corrected chi connectivity index (χ4v) is 2.20. The maximum Gasteiger partial charge on any atom is 0.308 e. The maximum absolute atomic E-state index is 11.0. The highest BCUT2D eigenvalue weighted by atomic mass is 16.6. The number of carbonyl (C=O) groups excluding carboxylic acids is 1. The normalized spacial score (nSPS) is 12.3. The lowest BCUT2D eigenvalue weighted by Gasteiger charge is -2.35. The van der Waals surface area contributed by atoms with E-state index in [2.05, 4.69) is 0 Å².